The molecule has 3 unspecified atom stereocenters. The fourth-order valence-electron chi connectivity index (χ4n) is 6.53. The van der Waals surface area contributed by atoms with Gasteiger partial charge in [-0.05, 0) is 65.4 Å². The summed E-state index contributed by atoms with van der Waals surface area (Å²) in [5.74, 6) is 0. The number of hydrogen-bond donors (Lipinski definition) is 3. The van der Waals surface area contributed by atoms with Gasteiger partial charge in [0.15, 0.2) is 6.29 Å². The van der Waals surface area contributed by atoms with E-state index in [1.807, 2.05) is 54.6 Å². The SMILES string of the molecule is O=C(NCc1ccccc1)NCc1cccc(-c2ccc(C3OC(CN4CCCCCCC4)CC(c4ccc(CO)cc4)O3)cc2)c1. The number of carbonyl (C=O) groups is 1. The van der Waals surface area contributed by atoms with E-state index in [-0.39, 0.29) is 24.8 Å². The van der Waals surface area contributed by atoms with Crippen LogP contribution in [0.25, 0.3) is 11.1 Å². The molecule has 0 spiro atoms. The quantitative estimate of drug-likeness (QED) is 0.167. The van der Waals surface area contributed by atoms with Crippen LogP contribution in [0.15, 0.2) is 103 Å². The smallest absolute Gasteiger partial charge is 0.315 e. The lowest BCUT2D eigenvalue weighted by Gasteiger charge is -2.38. The Bertz CT molecular complexity index is 1540. The van der Waals surface area contributed by atoms with Crippen LogP contribution < -0.4 is 10.6 Å². The normalized spacial score (nSPS) is 20.6. The standard InChI is InChI=1S/C40H47N3O4/c44-29-31-14-16-34(17-15-31)38-25-37(28-43-22-7-2-1-3-8-23-43)46-39(47-38)35-20-18-33(19-21-35)36-13-9-12-32(24-36)27-42-40(45)41-26-30-10-5-4-6-11-30/h4-6,9-21,24,37-39,44H,1-3,7-8,22-23,25-29H2,(H2,41,42,45). The van der Waals surface area contributed by atoms with Gasteiger partial charge in [0.1, 0.15) is 0 Å². The number of carbonyl (C=O) groups excluding carboxylic acids is 1. The number of amides is 2. The third-order valence-corrected chi connectivity index (χ3v) is 9.22. The van der Waals surface area contributed by atoms with Crippen molar-refractivity contribution < 1.29 is 19.4 Å². The molecule has 2 saturated heterocycles. The summed E-state index contributed by atoms with van der Waals surface area (Å²) in [6.45, 7) is 4.13. The van der Waals surface area contributed by atoms with Gasteiger partial charge in [0.25, 0.3) is 0 Å². The molecule has 0 aliphatic carbocycles. The van der Waals surface area contributed by atoms with E-state index in [0.29, 0.717) is 13.1 Å². The highest BCUT2D eigenvalue weighted by atomic mass is 16.7. The molecular weight excluding hydrogens is 586 g/mol. The number of ether oxygens (including phenoxy) is 2. The molecular formula is C40H47N3O4. The molecule has 3 N–H and O–H groups in total. The van der Waals surface area contributed by atoms with Gasteiger partial charge in [-0.3, -0.25) is 0 Å². The zero-order valence-corrected chi connectivity index (χ0v) is 27.2. The number of urea groups is 1. The van der Waals surface area contributed by atoms with Crippen LogP contribution in [-0.2, 0) is 29.2 Å². The Morgan fingerprint density at radius 3 is 2.06 bits per heavy atom. The molecule has 3 atom stereocenters. The summed E-state index contributed by atoms with van der Waals surface area (Å²) in [4.78, 5) is 15.0. The Morgan fingerprint density at radius 2 is 1.34 bits per heavy atom. The molecule has 0 aromatic heterocycles. The molecule has 0 radical (unpaired) electrons. The monoisotopic (exact) mass is 633 g/mol. The average molecular weight is 634 g/mol. The number of hydrogen-bond acceptors (Lipinski definition) is 5. The molecule has 2 amide bonds. The Labute approximate surface area is 278 Å². The van der Waals surface area contributed by atoms with Crippen LogP contribution in [0.1, 0.15) is 78.7 Å². The molecule has 47 heavy (non-hydrogen) atoms. The summed E-state index contributed by atoms with van der Waals surface area (Å²) < 4.78 is 13.3. The summed E-state index contributed by atoms with van der Waals surface area (Å²) in [5, 5.41) is 15.4. The molecule has 0 bridgehead atoms. The second-order valence-electron chi connectivity index (χ2n) is 12.8. The van der Waals surface area contributed by atoms with Crippen LogP contribution in [0.2, 0.25) is 0 Å². The van der Waals surface area contributed by atoms with Crippen molar-refractivity contribution in [3.63, 3.8) is 0 Å². The Morgan fingerprint density at radius 1 is 0.681 bits per heavy atom. The third-order valence-electron chi connectivity index (χ3n) is 9.22. The van der Waals surface area contributed by atoms with Crippen LogP contribution in [0.5, 0.6) is 0 Å². The average Bonchev–Trinajstić information content (AvgIpc) is 3.11. The highest BCUT2D eigenvalue weighted by molar-refractivity contribution is 5.74. The minimum Gasteiger partial charge on any atom is -0.392 e. The first-order valence-corrected chi connectivity index (χ1v) is 17.1. The van der Waals surface area contributed by atoms with Gasteiger partial charge in [-0.2, -0.15) is 0 Å². The summed E-state index contributed by atoms with van der Waals surface area (Å²) in [6.07, 6.45) is 6.77. The van der Waals surface area contributed by atoms with Crippen LogP contribution >= 0.6 is 0 Å². The number of nitrogens with one attached hydrogen (secondary N) is 2. The predicted octanol–water partition coefficient (Wildman–Crippen LogP) is 7.66. The first-order chi connectivity index (χ1) is 23.1. The largest absolute Gasteiger partial charge is 0.392 e. The predicted molar refractivity (Wildman–Crippen MR) is 185 cm³/mol. The second-order valence-corrected chi connectivity index (χ2v) is 12.8. The topological polar surface area (TPSA) is 83.1 Å². The molecule has 0 saturated carbocycles. The Balaban J connectivity index is 1.11. The molecule has 7 heteroatoms. The summed E-state index contributed by atoms with van der Waals surface area (Å²) >= 11 is 0. The van der Waals surface area contributed by atoms with Crippen molar-refractivity contribution in [3.8, 4) is 11.1 Å². The van der Waals surface area contributed by atoms with Gasteiger partial charge in [-0.15, -0.1) is 0 Å². The van der Waals surface area contributed by atoms with Crippen LogP contribution in [0, 0.1) is 0 Å². The molecule has 2 heterocycles. The maximum atomic E-state index is 12.4. The van der Waals surface area contributed by atoms with Crippen molar-refractivity contribution in [2.24, 2.45) is 0 Å². The fraction of sp³-hybridized carbons (Fsp3) is 0.375. The maximum absolute atomic E-state index is 12.4. The summed E-state index contributed by atoms with van der Waals surface area (Å²) in [7, 11) is 0. The lowest BCUT2D eigenvalue weighted by atomic mass is 9.98. The lowest BCUT2D eigenvalue weighted by molar-refractivity contribution is -0.253. The number of nitrogens with zero attached hydrogens (tertiary/aromatic N) is 1. The van der Waals surface area contributed by atoms with Gasteiger partial charge < -0.3 is 30.1 Å². The minimum absolute atomic E-state index is 0.0327. The van der Waals surface area contributed by atoms with E-state index in [0.717, 1.165) is 65.0 Å². The summed E-state index contributed by atoms with van der Waals surface area (Å²) in [5.41, 5.74) is 7.28. The van der Waals surface area contributed by atoms with E-state index >= 15 is 0 Å². The minimum atomic E-state index is -0.468. The van der Waals surface area contributed by atoms with Crippen molar-refractivity contribution in [2.75, 3.05) is 19.6 Å². The number of benzene rings is 4. The lowest BCUT2D eigenvalue weighted by Crippen LogP contribution is -2.40. The Hall–Kier alpha value is -4.01. The number of aliphatic hydroxyl groups is 1. The molecule has 2 fully saturated rings. The Kier molecular flexibility index (Phi) is 11.7. The summed E-state index contributed by atoms with van der Waals surface area (Å²) in [6, 6.07) is 34.5. The van der Waals surface area contributed by atoms with Gasteiger partial charge in [0.2, 0.25) is 0 Å². The van der Waals surface area contributed by atoms with E-state index < -0.39 is 6.29 Å². The van der Waals surface area contributed by atoms with Crippen molar-refractivity contribution in [2.45, 2.75) is 76.7 Å². The molecule has 4 aromatic carbocycles. The zero-order valence-electron chi connectivity index (χ0n) is 27.2. The highest BCUT2D eigenvalue weighted by Crippen LogP contribution is 2.39. The van der Waals surface area contributed by atoms with Crippen LogP contribution in [-0.4, -0.2) is 41.8 Å². The van der Waals surface area contributed by atoms with Crippen molar-refractivity contribution in [1.29, 1.82) is 0 Å². The zero-order chi connectivity index (χ0) is 32.3. The van der Waals surface area contributed by atoms with Gasteiger partial charge in [-0.1, -0.05) is 116 Å². The fourth-order valence-corrected chi connectivity index (χ4v) is 6.53. The molecule has 4 aromatic rings. The van der Waals surface area contributed by atoms with Gasteiger partial charge in [0, 0.05) is 31.6 Å². The first kappa shape index (κ1) is 32.9. The highest BCUT2D eigenvalue weighted by Gasteiger charge is 2.33. The second kappa shape index (κ2) is 16.7. The van der Waals surface area contributed by atoms with Gasteiger partial charge in [0.05, 0.1) is 18.8 Å². The number of rotatable bonds is 10. The van der Waals surface area contributed by atoms with Gasteiger partial charge >= 0.3 is 6.03 Å². The van der Waals surface area contributed by atoms with Crippen LogP contribution in [0.4, 0.5) is 4.79 Å². The van der Waals surface area contributed by atoms with Crippen LogP contribution in [0.3, 0.4) is 0 Å². The van der Waals surface area contributed by atoms with E-state index in [4.69, 9.17) is 9.47 Å². The number of aliphatic hydroxyl groups excluding tert-OH is 1. The van der Waals surface area contributed by atoms with E-state index in [1.165, 1.54) is 32.1 Å². The molecule has 6 rings (SSSR count). The third kappa shape index (κ3) is 9.52. The van der Waals surface area contributed by atoms with Crippen molar-refractivity contribution in [1.82, 2.24) is 15.5 Å². The van der Waals surface area contributed by atoms with E-state index in [1.54, 1.807) is 0 Å². The van der Waals surface area contributed by atoms with Crippen molar-refractivity contribution in [3.05, 3.63) is 131 Å². The molecule has 246 valence electrons. The first-order valence-electron chi connectivity index (χ1n) is 17.1. The van der Waals surface area contributed by atoms with Crippen molar-refractivity contribution >= 4 is 6.03 Å². The van der Waals surface area contributed by atoms with Gasteiger partial charge in [-0.25, -0.2) is 4.79 Å². The molecule has 7 nitrogen and oxygen atoms in total. The molecule has 2 aliphatic heterocycles. The van der Waals surface area contributed by atoms with E-state index in [2.05, 4.69) is 64.1 Å². The molecule has 2 aliphatic rings. The maximum Gasteiger partial charge on any atom is 0.315 e. The van der Waals surface area contributed by atoms with E-state index in [9.17, 15) is 9.90 Å². The number of likely N-dealkylation sites (tertiary alicyclic amines) is 1.